The van der Waals surface area contributed by atoms with Crippen LogP contribution in [0.5, 0.6) is 5.75 Å². The third-order valence-corrected chi connectivity index (χ3v) is 4.98. The number of phenolic OH excluding ortho intramolecular Hbond substituents is 1. The van der Waals surface area contributed by atoms with Gasteiger partial charge in [-0.2, -0.15) is 0 Å². The highest BCUT2D eigenvalue weighted by atomic mass is 35.5. The van der Waals surface area contributed by atoms with Crippen LogP contribution in [0, 0.1) is 0 Å². The van der Waals surface area contributed by atoms with Gasteiger partial charge in [0.15, 0.2) is 0 Å². The van der Waals surface area contributed by atoms with E-state index in [0.29, 0.717) is 6.42 Å². The lowest BCUT2D eigenvalue weighted by Gasteiger charge is -2.12. The Morgan fingerprint density at radius 3 is 2.52 bits per heavy atom. The van der Waals surface area contributed by atoms with Crippen molar-refractivity contribution in [3.8, 4) is 5.75 Å². The van der Waals surface area contributed by atoms with Gasteiger partial charge < -0.3 is 5.11 Å². The lowest BCUT2D eigenvalue weighted by Crippen LogP contribution is -2.13. The number of aromatic hydroxyl groups is 1. The fraction of sp³-hybridized carbons (Fsp3) is 0.143. The number of sulfonamides is 1. The van der Waals surface area contributed by atoms with E-state index in [-0.39, 0.29) is 26.4 Å². The maximum Gasteiger partial charge on any atom is 0.263 e. The van der Waals surface area contributed by atoms with Gasteiger partial charge in [-0.1, -0.05) is 36.2 Å². The molecule has 0 unspecified atom stereocenters. The van der Waals surface area contributed by atoms with E-state index in [1.807, 2.05) is 6.92 Å². The monoisotopic (exact) mass is 345 g/mol. The molecule has 0 aliphatic heterocycles. The molecule has 2 aromatic carbocycles. The van der Waals surface area contributed by atoms with E-state index in [1.54, 1.807) is 12.1 Å². The van der Waals surface area contributed by atoms with E-state index < -0.39 is 10.0 Å². The SMILES string of the molecule is CCc1ccc(O)c(NS(=O)(=O)c2cc(Cl)ccc2Cl)c1. The summed E-state index contributed by atoms with van der Waals surface area (Å²) in [4.78, 5) is -0.141. The van der Waals surface area contributed by atoms with Crippen molar-refractivity contribution in [3.63, 3.8) is 0 Å². The smallest absolute Gasteiger partial charge is 0.263 e. The molecule has 0 saturated heterocycles. The molecule has 0 heterocycles. The molecule has 0 bridgehead atoms. The van der Waals surface area contributed by atoms with Gasteiger partial charge in [0, 0.05) is 5.02 Å². The first kappa shape index (κ1) is 15.9. The maximum atomic E-state index is 12.4. The topological polar surface area (TPSA) is 66.4 Å². The standard InChI is InChI=1S/C14H13Cl2NO3S/c1-2-9-3-6-13(18)12(7-9)17-21(19,20)14-8-10(15)4-5-11(14)16/h3-8,17-18H,2H2,1H3. The molecule has 0 radical (unpaired) electrons. The molecular weight excluding hydrogens is 333 g/mol. The Morgan fingerprint density at radius 2 is 1.86 bits per heavy atom. The zero-order valence-electron chi connectivity index (χ0n) is 11.1. The molecular formula is C14H13Cl2NO3S. The van der Waals surface area contributed by atoms with Crippen LogP contribution in [-0.4, -0.2) is 13.5 Å². The summed E-state index contributed by atoms with van der Waals surface area (Å²) < 4.78 is 27.0. The number of phenols is 1. The van der Waals surface area contributed by atoms with E-state index >= 15 is 0 Å². The molecule has 0 amide bonds. The lowest BCUT2D eigenvalue weighted by molar-refractivity contribution is 0.477. The third-order valence-electron chi connectivity index (χ3n) is 2.90. The average molecular weight is 346 g/mol. The number of hydrogen-bond acceptors (Lipinski definition) is 3. The van der Waals surface area contributed by atoms with Gasteiger partial charge in [-0.3, -0.25) is 4.72 Å². The van der Waals surface area contributed by atoms with Crippen LogP contribution in [0.15, 0.2) is 41.3 Å². The van der Waals surface area contributed by atoms with Crippen LogP contribution in [0.25, 0.3) is 0 Å². The molecule has 0 fully saturated rings. The van der Waals surface area contributed by atoms with Crippen molar-refractivity contribution in [1.82, 2.24) is 0 Å². The second-order valence-corrected chi connectivity index (χ2v) is 6.88. The van der Waals surface area contributed by atoms with Crippen LogP contribution in [-0.2, 0) is 16.4 Å². The van der Waals surface area contributed by atoms with E-state index in [1.165, 1.54) is 24.3 Å². The van der Waals surface area contributed by atoms with Crippen molar-refractivity contribution >= 4 is 38.9 Å². The number of anilines is 1. The minimum absolute atomic E-state index is 0.0537. The Bertz CT molecular complexity index is 776. The first-order valence-corrected chi connectivity index (χ1v) is 8.37. The van der Waals surface area contributed by atoms with Gasteiger partial charge in [-0.15, -0.1) is 0 Å². The summed E-state index contributed by atoms with van der Waals surface area (Å²) in [5, 5.41) is 10.1. The number of aryl methyl sites for hydroxylation is 1. The lowest BCUT2D eigenvalue weighted by atomic mass is 10.1. The van der Waals surface area contributed by atoms with Gasteiger partial charge in [0.05, 0.1) is 10.7 Å². The molecule has 2 rings (SSSR count). The summed E-state index contributed by atoms with van der Waals surface area (Å²) in [6.07, 6.45) is 0.715. The molecule has 0 spiro atoms. The van der Waals surface area contributed by atoms with Crippen LogP contribution in [0.3, 0.4) is 0 Å². The molecule has 0 saturated carbocycles. The van der Waals surface area contributed by atoms with Crippen LogP contribution >= 0.6 is 23.2 Å². The number of nitrogens with one attached hydrogen (secondary N) is 1. The van der Waals surface area contributed by atoms with Crippen molar-refractivity contribution in [3.05, 3.63) is 52.0 Å². The van der Waals surface area contributed by atoms with Gasteiger partial charge >= 0.3 is 0 Å². The van der Waals surface area contributed by atoms with E-state index in [0.717, 1.165) is 5.56 Å². The highest BCUT2D eigenvalue weighted by Gasteiger charge is 2.20. The summed E-state index contributed by atoms with van der Waals surface area (Å²) >= 11 is 11.7. The highest BCUT2D eigenvalue weighted by molar-refractivity contribution is 7.92. The Kier molecular flexibility index (Phi) is 4.66. The van der Waals surface area contributed by atoms with Gasteiger partial charge in [-0.25, -0.2) is 8.42 Å². The van der Waals surface area contributed by atoms with E-state index in [2.05, 4.69) is 4.72 Å². The number of halogens is 2. The van der Waals surface area contributed by atoms with Crippen molar-refractivity contribution in [2.75, 3.05) is 4.72 Å². The minimum Gasteiger partial charge on any atom is -0.506 e. The Labute approximate surface area is 133 Å². The van der Waals surface area contributed by atoms with Crippen molar-refractivity contribution in [2.45, 2.75) is 18.2 Å². The molecule has 0 atom stereocenters. The Hall–Kier alpha value is -1.43. The molecule has 21 heavy (non-hydrogen) atoms. The third kappa shape index (κ3) is 3.61. The quantitative estimate of drug-likeness (QED) is 0.821. The van der Waals surface area contributed by atoms with Crippen molar-refractivity contribution in [2.24, 2.45) is 0 Å². The first-order valence-electron chi connectivity index (χ1n) is 6.13. The minimum atomic E-state index is -3.94. The number of benzene rings is 2. The molecule has 0 aliphatic rings. The van der Waals surface area contributed by atoms with Crippen molar-refractivity contribution < 1.29 is 13.5 Å². The largest absolute Gasteiger partial charge is 0.506 e. The van der Waals surface area contributed by atoms with E-state index in [4.69, 9.17) is 23.2 Å². The average Bonchev–Trinajstić information content (AvgIpc) is 2.43. The van der Waals surface area contributed by atoms with Gasteiger partial charge in [-0.05, 0) is 42.3 Å². The van der Waals surface area contributed by atoms with Gasteiger partial charge in [0.2, 0.25) is 0 Å². The fourth-order valence-corrected chi connectivity index (χ4v) is 3.60. The molecule has 0 aromatic heterocycles. The predicted octanol–water partition coefficient (Wildman–Crippen LogP) is 4.06. The predicted molar refractivity (Wildman–Crippen MR) is 84.8 cm³/mol. The normalized spacial score (nSPS) is 11.4. The van der Waals surface area contributed by atoms with Gasteiger partial charge in [0.25, 0.3) is 10.0 Å². The summed E-state index contributed by atoms with van der Waals surface area (Å²) in [5.41, 5.74) is 0.994. The zero-order chi connectivity index (χ0) is 15.6. The molecule has 112 valence electrons. The zero-order valence-corrected chi connectivity index (χ0v) is 13.4. The summed E-state index contributed by atoms with van der Waals surface area (Å²) in [5.74, 6) is -0.158. The number of hydrogen-bond donors (Lipinski definition) is 2. The second kappa shape index (κ2) is 6.13. The van der Waals surface area contributed by atoms with Crippen LogP contribution in [0.1, 0.15) is 12.5 Å². The Morgan fingerprint density at radius 1 is 1.14 bits per heavy atom. The summed E-state index contributed by atoms with van der Waals surface area (Å²) in [6, 6.07) is 8.90. The molecule has 4 nitrogen and oxygen atoms in total. The second-order valence-electron chi connectivity index (χ2n) is 4.39. The van der Waals surface area contributed by atoms with Crippen LogP contribution < -0.4 is 4.72 Å². The summed E-state index contributed by atoms with van der Waals surface area (Å²) in [7, 11) is -3.94. The molecule has 0 aliphatic carbocycles. The Balaban J connectivity index is 2.44. The first-order chi connectivity index (χ1) is 9.83. The molecule has 2 N–H and O–H groups in total. The van der Waals surface area contributed by atoms with Crippen LogP contribution in [0.2, 0.25) is 10.0 Å². The molecule has 7 heteroatoms. The van der Waals surface area contributed by atoms with Crippen LogP contribution in [0.4, 0.5) is 5.69 Å². The highest BCUT2D eigenvalue weighted by Crippen LogP contribution is 2.30. The van der Waals surface area contributed by atoms with Crippen molar-refractivity contribution in [1.29, 1.82) is 0 Å². The van der Waals surface area contributed by atoms with E-state index in [9.17, 15) is 13.5 Å². The number of rotatable bonds is 4. The summed E-state index contributed by atoms with van der Waals surface area (Å²) in [6.45, 7) is 1.93. The fourth-order valence-electron chi connectivity index (χ4n) is 1.77. The maximum absolute atomic E-state index is 12.4. The molecule has 2 aromatic rings. The van der Waals surface area contributed by atoms with Gasteiger partial charge in [0.1, 0.15) is 10.6 Å².